The average molecular weight is 205 g/mol. The van der Waals surface area contributed by atoms with E-state index in [1.165, 1.54) is 31.4 Å². The minimum Gasteiger partial charge on any atom is -0.465 e. The monoisotopic (exact) mass is 205 g/mol. The number of hydrogen-bond donors (Lipinski definition) is 0. The van der Waals surface area contributed by atoms with E-state index < -0.39 is 11.8 Å². The smallest absolute Gasteiger partial charge is 0.348 e. The van der Waals surface area contributed by atoms with Gasteiger partial charge in [0.05, 0.1) is 7.11 Å². The van der Waals surface area contributed by atoms with Crippen LogP contribution in [0.3, 0.4) is 0 Å². The van der Waals surface area contributed by atoms with Gasteiger partial charge in [-0.1, -0.05) is 12.1 Å². The summed E-state index contributed by atoms with van der Waals surface area (Å²) in [4.78, 5) is 11.0. The van der Waals surface area contributed by atoms with Crippen LogP contribution in [-0.2, 0) is 9.53 Å². The molecule has 1 aromatic rings. The predicted octanol–water partition coefficient (Wildman–Crippen LogP) is 1.91. The first kappa shape index (κ1) is 10.9. The molecular weight excluding hydrogens is 197 g/mol. The second-order valence-corrected chi connectivity index (χ2v) is 2.72. The molecule has 0 saturated heterocycles. The number of esters is 1. The first-order valence-electron chi connectivity index (χ1n) is 4.13. The van der Waals surface area contributed by atoms with Crippen molar-refractivity contribution in [2.45, 2.75) is 0 Å². The van der Waals surface area contributed by atoms with Gasteiger partial charge < -0.3 is 4.74 Å². The zero-order valence-corrected chi connectivity index (χ0v) is 8.03. The Morgan fingerprint density at radius 2 is 2.33 bits per heavy atom. The van der Waals surface area contributed by atoms with Crippen molar-refractivity contribution in [3.8, 4) is 6.07 Å². The minimum atomic E-state index is -0.734. The minimum absolute atomic E-state index is 0.164. The van der Waals surface area contributed by atoms with Crippen LogP contribution in [0.15, 0.2) is 29.8 Å². The molecule has 0 amide bonds. The van der Waals surface area contributed by atoms with Gasteiger partial charge >= 0.3 is 5.97 Å². The van der Waals surface area contributed by atoms with Gasteiger partial charge in [0, 0.05) is 0 Å². The number of methoxy groups -OCH3 is 1. The van der Waals surface area contributed by atoms with Crippen LogP contribution in [0.25, 0.3) is 6.08 Å². The summed E-state index contributed by atoms with van der Waals surface area (Å²) in [6.45, 7) is 0. The Balaban J connectivity index is 3.05. The third-order valence-corrected chi connectivity index (χ3v) is 1.69. The average Bonchev–Trinajstić information content (AvgIpc) is 2.25. The highest BCUT2D eigenvalue weighted by molar-refractivity contribution is 5.97. The Bertz CT molecular complexity index is 446. The van der Waals surface area contributed by atoms with E-state index in [2.05, 4.69) is 4.74 Å². The highest BCUT2D eigenvalue weighted by Crippen LogP contribution is 2.09. The van der Waals surface area contributed by atoms with Gasteiger partial charge in [0.2, 0.25) is 0 Å². The fourth-order valence-electron chi connectivity index (χ4n) is 1.01. The summed E-state index contributed by atoms with van der Waals surface area (Å²) in [5.41, 5.74) is 0.278. The molecule has 0 aliphatic heterocycles. The second-order valence-electron chi connectivity index (χ2n) is 2.72. The molecule has 0 atom stereocenters. The first-order chi connectivity index (χ1) is 7.17. The predicted molar refractivity (Wildman–Crippen MR) is 52.0 cm³/mol. The van der Waals surface area contributed by atoms with E-state index in [0.29, 0.717) is 5.56 Å². The summed E-state index contributed by atoms with van der Waals surface area (Å²) in [5, 5.41) is 8.65. The number of nitrogens with zero attached hydrogens (tertiary/aromatic N) is 1. The summed E-state index contributed by atoms with van der Waals surface area (Å²) < 4.78 is 17.2. The van der Waals surface area contributed by atoms with Crippen LogP contribution in [-0.4, -0.2) is 13.1 Å². The molecule has 0 fully saturated rings. The SMILES string of the molecule is COC(=O)/C(C#N)=C\c1cccc(F)c1. The molecule has 0 aliphatic carbocycles. The molecule has 15 heavy (non-hydrogen) atoms. The molecule has 0 aliphatic rings. The summed E-state index contributed by atoms with van der Waals surface area (Å²) in [5.74, 6) is -1.16. The lowest BCUT2D eigenvalue weighted by Gasteiger charge is -1.97. The number of ether oxygens (including phenoxy) is 1. The zero-order chi connectivity index (χ0) is 11.3. The number of rotatable bonds is 2. The molecule has 0 bridgehead atoms. The van der Waals surface area contributed by atoms with Gasteiger partial charge in [-0.2, -0.15) is 5.26 Å². The van der Waals surface area contributed by atoms with Crippen LogP contribution in [0.4, 0.5) is 4.39 Å². The molecule has 0 aromatic heterocycles. The molecule has 0 unspecified atom stereocenters. The van der Waals surface area contributed by atoms with Crippen molar-refractivity contribution >= 4 is 12.0 Å². The standard InChI is InChI=1S/C11H8FNO2/c1-15-11(14)9(7-13)5-8-3-2-4-10(12)6-8/h2-6H,1H3/b9-5-. The Hall–Kier alpha value is -2.15. The van der Waals surface area contributed by atoms with E-state index in [0.717, 1.165) is 0 Å². The van der Waals surface area contributed by atoms with Crippen molar-refractivity contribution in [2.75, 3.05) is 7.11 Å². The normalized spacial score (nSPS) is 10.6. The summed E-state index contributed by atoms with van der Waals surface area (Å²) in [7, 11) is 1.18. The molecular formula is C11H8FNO2. The number of halogens is 1. The Kier molecular flexibility index (Phi) is 3.58. The fourth-order valence-corrected chi connectivity index (χ4v) is 1.01. The Labute approximate surface area is 86.4 Å². The topological polar surface area (TPSA) is 50.1 Å². The van der Waals surface area contributed by atoms with Gasteiger partial charge in [0.1, 0.15) is 17.5 Å². The van der Waals surface area contributed by atoms with Gasteiger partial charge in [-0.05, 0) is 23.8 Å². The number of hydrogen-bond acceptors (Lipinski definition) is 3. The largest absolute Gasteiger partial charge is 0.465 e. The van der Waals surface area contributed by atoms with Crippen LogP contribution in [0, 0.1) is 17.1 Å². The van der Waals surface area contributed by atoms with E-state index in [4.69, 9.17) is 5.26 Å². The highest BCUT2D eigenvalue weighted by atomic mass is 19.1. The van der Waals surface area contributed by atoms with E-state index in [1.807, 2.05) is 0 Å². The van der Waals surface area contributed by atoms with Gasteiger partial charge in [-0.15, -0.1) is 0 Å². The lowest BCUT2D eigenvalue weighted by atomic mass is 10.1. The third-order valence-electron chi connectivity index (χ3n) is 1.69. The summed E-state index contributed by atoms with van der Waals surface area (Å²) in [6.07, 6.45) is 1.27. The first-order valence-corrected chi connectivity index (χ1v) is 4.13. The molecule has 1 rings (SSSR count). The fraction of sp³-hybridized carbons (Fsp3) is 0.0909. The summed E-state index contributed by atoms with van der Waals surface area (Å²) >= 11 is 0. The molecule has 0 N–H and O–H groups in total. The second kappa shape index (κ2) is 4.91. The van der Waals surface area contributed by atoms with Crippen LogP contribution < -0.4 is 0 Å². The highest BCUT2D eigenvalue weighted by Gasteiger charge is 2.08. The van der Waals surface area contributed by atoms with E-state index in [1.54, 1.807) is 12.1 Å². The molecule has 3 nitrogen and oxygen atoms in total. The van der Waals surface area contributed by atoms with Crippen LogP contribution in [0.2, 0.25) is 0 Å². The number of carbonyl (C=O) groups excluding carboxylic acids is 1. The molecule has 76 valence electrons. The molecule has 0 radical (unpaired) electrons. The number of nitriles is 1. The Morgan fingerprint density at radius 3 is 2.87 bits per heavy atom. The lowest BCUT2D eigenvalue weighted by molar-refractivity contribution is -0.135. The van der Waals surface area contributed by atoms with Crippen molar-refractivity contribution in [1.82, 2.24) is 0 Å². The molecule has 0 spiro atoms. The maximum Gasteiger partial charge on any atom is 0.348 e. The van der Waals surface area contributed by atoms with Gasteiger partial charge in [0.15, 0.2) is 0 Å². The summed E-state index contributed by atoms with van der Waals surface area (Å²) in [6, 6.07) is 7.27. The Morgan fingerprint density at radius 1 is 1.60 bits per heavy atom. The van der Waals surface area contributed by atoms with Crippen molar-refractivity contribution in [3.05, 3.63) is 41.2 Å². The zero-order valence-electron chi connectivity index (χ0n) is 8.03. The van der Waals surface area contributed by atoms with Crippen LogP contribution in [0.1, 0.15) is 5.56 Å². The quantitative estimate of drug-likeness (QED) is 0.421. The van der Waals surface area contributed by atoms with Crippen molar-refractivity contribution < 1.29 is 13.9 Å². The van der Waals surface area contributed by atoms with E-state index in [9.17, 15) is 9.18 Å². The molecule has 1 aromatic carbocycles. The van der Waals surface area contributed by atoms with E-state index >= 15 is 0 Å². The van der Waals surface area contributed by atoms with Crippen LogP contribution >= 0.6 is 0 Å². The van der Waals surface area contributed by atoms with Gasteiger partial charge in [-0.3, -0.25) is 0 Å². The number of benzene rings is 1. The van der Waals surface area contributed by atoms with Crippen molar-refractivity contribution in [1.29, 1.82) is 5.26 Å². The van der Waals surface area contributed by atoms with Crippen molar-refractivity contribution in [3.63, 3.8) is 0 Å². The molecule has 0 heterocycles. The van der Waals surface area contributed by atoms with E-state index in [-0.39, 0.29) is 5.57 Å². The maximum atomic E-state index is 12.8. The van der Waals surface area contributed by atoms with Gasteiger partial charge in [0.25, 0.3) is 0 Å². The number of carbonyl (C=O) groups is 1. The maximum absolute atomic E-state index is 12.8. The van der Waals surface area contributed by atoms with Crippen molar-refractivity contribution in [2.24, 2.45) is 0 Å². The third kappa shape index (κ3) is 2.92. The molecule has 4 heteroatoms. The van der Waals surface area contributed by atoms with Crippen LogP contribution in [0.5, 0.6) is 0 Å². The molecule has 0 saturated carbocycles. The van der Waals surface area contributed by atoms with Gasteiger partial charge in [-0.25, -0.2) is 9.18 Å². The lowest BCUT2D eigenvalue weighted by Crippen LogP contribution is -2.02.